The first-order valence-corrected chi connectivity index (χ1v) is 7.19. The number of aromatic hydroxyl groups is 2. The first-order valence-electron chi connectivity index (χ1n) is 6.03. The largest absolute Gasteiger partial charge is 0.508 e. The van der Waals surface area contributed by atoms with Crippen molar-refractivity contribution in [2.45, 2.75) is 0 Å². The molecule has 0 atom stereocenters. The van der Waals surface area contributed by atoms with Gasteiger partial charge in [0.2, 0.25) is 0 Å². The highest BCUT2D eigenvalue weighted by Gasteiger charge is 2.02. The molecule has 0 aromatic heterocycles. The highest BCUT2D eigenvalue weighted by molar-refractivity contribution is 7.80. The molecule has 2 rings (SSSR count). The normalized spacial score (nSPS) is 10.6. The van der Waals surface area contributed by atoms with Gasteiger partial charge in [-0.15, -0.1) is 0 Å². The topological polar surface area (TPSA) is 76.9 Å². The van der Waals surface area contributed by atoms with Crippen LogP contribution in [-0.2, 0) is 0 Å². The van der Waals surface area contributed by atoms with Gasteiger partial charge < -0.3 is 15.5 Å². The monoisotopic (exact) mass is 355 g/mol. The van der Waals surface area contributed by atoms with E-state index in [1.54, 1.807) is 18.2 Å². The number of rotatable bonds is 3. The summed E-state index contributed by atoms with van der Waals surface area (Å²) in [5.41, 5.74) is 3.69. The van der Waals surface area contributed by atoms with E-state index in [1.807, 2.05) is 0 Å². The van der Waals surface area contributed by atoms with Gasteiger partial charge >= 0.3 is 0 Å². The molecule has 0 spiro atoms. The molecule has 0 saturated heterocycles. The maximum absolute atomic E-state index is 9.59. The summed E-state index contributed by atoms with van der Waals surface area (Å²) in [6, 6.07) is 9.17. The number of phenols is 2. The first-order chi connectivity index (χ1) is 10.5. The van der Waals surface area contributed by atoms with E-state index >= 15 is 0 Å². The fourth-order valence-corrected chi connectivity index (χ4v) is 2.00. The van der Waals surface area contributed by atoms with E-state index in [1.165, 1.54) is 24.4 Å². The first kappa shape index (κ1) is 16.4. The number of nitrogens with one attached hydrogen (secondary N) is 2. The van der Waals surface area contributed by atoms with Gasteiger partial charge in [-0.3, -0.25) is 5.43 Å². The highest BCUT2D eigenvalue weighted by Crippen LogP contribution is 2.25. The Hall–Kier alpha value is -2.02. The molecule has 0 saturated carbocycles. The third kappa shape index (κ3) is 4.49. The van der Waals surface area contributed by atoms with Gasteiger partial charge in [0.15, 0.2) is 5.11 Å². The van der Waals surface area contributed by atoms with Crippen LogP contribution in [0.15, 0.2) is 41.5 Å². The molecular formula is C14H11Cl2N3O2S. The van der Waals surface area contributed by atoms with E-state index < -0.39 is 0 Å². The predicted molar refractivity (Wildman–Crippen MR) is 93.2 cm³/mol. The SMILES string of the molecule is Oc1ccc(/C=N/NC(=S)Nc2ccc(Cl)c(Cl)c2)c(O)c1. The lowest BCUT2D eigenvalue weighted by molar-refractivity contribution is 0.450. The number of hydrogen-bond donors (Lipinski definition) is 4. The van der Waals surface area contributed by atoms with E-state index in [-0.39, 0.29) is 16.6 Å². The molecule has 0 unspecified atom stereocenters. The maximum atomic E-state index is 9.59. The van der Waals surface area contributed by atoms with Crippen molar-refractivity contribution < 1.29 is 10.2 Å². The van der Waals surface area contributed by atoms with Crippen LogP contribution in [0.5, 0.6) is 11.5 Å². The Morgan fingerprint density at radius 2 is 1.86 bits per heavy atom. The number of benzene rings is 2. The minimum absolute atomic E-state index is 0.0283. The molecular weight excluding hydrogens is 345 g/mol. The van der Waals surface area contributed by atoms with Crippen LogP contribution in [0.25, 0.3) is 0 Å². The van der Waals surface area contributed by atoms with Crippen molar-refractivity contribution in [3.8, 4) is 11.5 Å². The number of phenolic OH excluding ortho intramolecular Hbond substituents is 2. The molecule has 2 aromatic rings. The van der Waals surface area contributed by atoms with E-state index in [2.05, 4.69) is 15.8 Å². The zero-order valence-corrected chi connectivity index (χ0v) is 13.4. The van der Waals surface area contributed by atoms with Crippen molar-refractivity contribution in [1.82, 2.24) is 5.43 Å². The third-order valence-electron chi connectivity index (χ3n) is 2.56. The molecule has 0 radical (unpaired) electrons. The van der Waals surface area contributed by atoms with Crippen LogP contribution < -0.4 is 10.7 Å². The summed E-state index contributed by atoms with van der Waals surface area (Å²) < 4.78 is 0. The lowest BCUT2D eigenvalue weighted by atomic mass is 10.2. The van der Waals surface area contributed by atoms with E-state index in [9.17, 15) is 10.2 Å². The van der Waals surface area contributed by atoms with E-state index in [0.717, 1.165) is 0 Å². The fourth-order valence-electron chi connectivity index (χ4n) is 1.53. The fraction of sp³-hybridized carbons (Fsp3) is 0. The number of hydrazone groups is 1. The summed E-state index contributed by atoms with van der Waals surface area (Å²) in [6.07, 6.45) is 1.37. The smallest absolute Gasteiger partial charge is 0.191 e. The Bertz CT molecular complexity index is 738. The second-order valence-corrected chi connectivity index (χ2v) is 5.42. The Morgan fingerprint density at radius 1 is 1.09 bits per heavy atom. The van der Waals surface area contributed by atoms with Crippen LogP contribution in [0, 0.1) is 0 Å². The number of hydrogen-bond acceptors (Lipinski definition) is 4. The molecule has 114 valence electrons. The lowest BCUT2D eigenvalue weighted by Gasteiger charge is -2.07. The average molecular weight is 356 g/mol. The van der Waals surface area contributed by atoms with Crippen LogP contribution in [0.2, 0.25) is 10.0 Å². The summed E-state index contributed by atoms with van der Waals surface area (Å²) in [6.45, 7) is 0. The van der Waals surface area contributed by atoms with Gasteiger partial charge in [0.05, 0.1) is 16.3 Å². The van der Waals surface area contributed by atoms with Gasteiger partial charge in [-0.2, -0.15) is 5.10 Å². The minimum Gasteiger partial charge on any atom is -0.508 e. The van der Waals surface area contributed by atoms with Crippen molar-refractivity contribution in [3.05, 3.63) is 52.0 Å². The summed E-state index contributed by atoms with van der Waals surface area (Å²) in [4.78, 5) is 0. The molecule has 4 N–H and O–H groups in total. The minimum atomic E-state index is -0.0890. The number of nitrogens with zero attached hydrogens (tertiary/aromatic N) is 1. The molecule has 0 amide bonds. The second-order valence-electron chi connectivity index (χ2n) is 4.20. The zero-order valence-electron chi connectivity index (χ0n) is 11.0. The van der Waals surface area contributed by atoms with E-state index in [0.29, 0.717) is 21.3 Å². The van der Waals surface area contributed by atoms with Crippen LogP contribution in [0.3, 0.4) is 0 Å². The molecule has 0 fully saturated rings. The van der Waals surface area contributed by atoms with Crippen molar-refractivity contribution in [2.24, 2.45) is 5.10 Å². The van der Waals surface area contributed by atoms with Gasteiger partial charge in [0, 0.05) is 17.3 Å². The van der Waals surface area contributed by atoms with Gasteiger partial charge in [-0.1, -0.05) is 23.2 Å². The molecule has 0 aliphatic heterocycles. The maximum Gasteiger partial charge on any atom is 0.191 e. The van der Waals surface area contributed by atoms with Crippen LogP contribution in [-0.4, -0.2) is 21.5 Å². The average Bonchev–Trinajstić information content (AvgIpc) is 2.45. The Labute approximate surface area is 142 Å². The quantitative estimate of drug-likeness (QED) is 0.383. The van der Waals surface area contributed by atoms with Crippen molar-refractivity contribution in [1.29, 1.82) is 0 Å². The van der Waals surface area contributed by atoms with Gasteiger partial charge in [-0.05, 0) is 42.5 Å². The van der Waals surface area contributed by atoms with Gasteiger partial charge in [0.1, 0.15) is 11.5 Å². The standard InChI is InChI=1S/C14H11Cl2N3O2S/c15-11-4-2-9(5-12(11)16)18-14(22)19-17-7-8-1-3-10(20)6-13(8)21/h1-7,20-21H,(H2,18,19,22)/b17-7+. The van der Waals surface area contributed by atoms with Crippen molar-refractivity contribution in [2.75, 3.05) is 5.32 Å². The molecule has 8 heteroatoms. The highest BCUT2D eigenvalue weighted by atomic mass is 35.5. The summed E-state index contributed by atoms with van der Waals surface area (Å²) in [7, 11) is 0. The molecule has 0 bridgehead atoms. The predicted octanol–water partition coefficient (Wildman–Crippen LogP) is 3.73. The van der Waals surface area contributed by atoms with Crippen LogP contribution in [0.1, 0.15) is 5.56 Å². The zero-order chi connectivity index (χ0) is 16.1. The van der Waals surface area contributed by atoms with Gasteiger partial charge in [-0.25, -0.2) is 0 Å². The number of halogens is 2. The number of thiocarbonyl (C=S) groups is 1. The molecule has 0 aliphatic carbocycles. The Kier molecular flexibility index (Phi) is 5.43. The lowest BCUT2D eigenvalue weighted by Crippen LogP contribution is -2.23. The summed E-state index contributed by atoms with van der Waals surface area (Å²) >= 11 is 16.8. The molecule has 22 heavy (non-hydrogen) atoms. The van der Waals surface area contributed by atoms with Gasteiger partial charge in [0.25, 0.3) is 0 Å². The Morgan fingerprint density at radius 3 is 2.55 bits per heavy atom. The molecule has 0 heterocycles. The second kappa shape index (κ2) is 7.31. The third-order valence-corrected chi connectivity index (χ3v) is 3.49. The van der Waals surface area contributed by atoms with Crippen LogP contribution in [0.4, 0.5) is 5.69 Å². The summed E-state index contributed by atoms with van der Waals surface area (Å²) in [5, 5.41) is 26.7. The number of anilines is 1. The summed E-state index contributed by atoms with van der Waals surface area (Å²) in [5.74, 6) is -0.117. The molecule has 0 aliphatic rings. The molecule has 5 nitrogen and oxygen atoms in total. The van der Waals surface area contributed by atoms with E-state index in [4.69, 9.17) is 35.4 Å². The van der Waals surface area contributed by atoms with Crippen molar-refractivity contribution >= 4 is 52.4 Å². The van der Waals surface area contributed by atoms with Crippen molar-refractivity contribution in [3.63, 3.8) is 0 Å². The van der Waals surface area contributed by atoms with Crippen LogP contribution >= 0.6 is 35.4 Å². The molecule has 2 aromatic carbocycles. The Balaban J connectivity index is 1.94.